The molecule has 0 aromatic heterocycles. The van der Waals surface area contributed by atoms with Crippen LogP contribution in [0.5, 0.6) is 5.75 Å². The number of methoxy groups -OCH3 is 2. The highest BCUT2D eigenvalue weighted by Crippen LogP contribution is 2.25. The summed E-state index contributed by atoms with van der Waals surface area (Å²) in [6.07, 6.45) is 1.39. The lowest BCUT2D eigenvalue weighted by molar-refractivity contribution is 0.117. The van der Waals surface area contributed by atoms with Gasteiger partial charge in [-0.3, -0.25) is 0 Å². The Hall–Kier alpha value is -1.06. The van der Waals surface area contributed by atoms with Crippen molar-refractivity contribution in [2.75, 3.05) is 20.8 Å². The topological polar surface area (TPSA) is 30.5 Å². The Labute approximate surface area is 90.4 Å². The summed E-state index contributed by atoms with van der Waals surface area (Å²) in [5.74, 6) is 0.903. The largest absolute Gasteiger partial charge is 0.497 e. The molecule has 1 aliphatic heterocycles. The van der Waals surface area contributed by atoms with Gasteiger partial charge in [-0.1, -0.05) is 12.1 Å². The fourth-order valence-corrected chi connectivity index (χ4v) is 1.97. The average molecular weight is 207 g/mol. The molecule has 1 N–H and O–H groups in total. The van der Waals surface area contributed by atoms with Crippen LogP contribution in [0.4, 0.5) is 0 Å². The average Bonchev–Trinajstić information content (AvgIpc) is 2.78. The van der Waals surface area contributed by atoms with E-state index in [-0.39, 0.29) is 0 Å². The SMILES string of the molecule is COc1ccc(C2CC(OC)CN2)cc1. The highest BCUT2D eigenvalue weighted by atomic mass is 16.5. The van der Waals surface area contributed by atoms with Crippen LogP contribution in [-0.4, -0.2) is 26.9 Å². The highest BCUT2D eigenvalue weighted by molar-refractivity contribution is 5.29. The molecule has 0 bridgehead atoms. The molecule has 1 aromatic carbocycles. The molecule has 15 heavy (non-hydrogen) atoms. The quantitative estimate of drug-likeness (QED) is 0.819. The van der Waals surface area contributed by atoms with Crippen molar-refractivity contribution in [2.24, 2.45) is 0 Å². The summed E-state index contributed by atoms with van der Waals surface area (Å²) < 4.78 is 10.4. The number of ether oxygens (including phenoxy) is 2. The van der Waals surface area contributed by atoms with Crippen LogP contribution < -0.4 is 10.1 Å². The van der Waals surface area contributed by atoms with Crippen molar-refractivity contribution in [3.05, 3.63) is 29.8 Å². The minimum absolute atomic E-state index is 0.345. The first-order valence-electron chi connectivity index (χ1n) is 5.23. The molecular formula is C12H17NO2. The predicted octanol–water partition coefficient (Wildman–Crippen LogP) is 1.74. The maximum atomic E-state index is 5.32. The predicted molar refractivity (Wildman–Crippen MR) is 59.2 cm³/mol. The normalized spacial score (nSPS) is 25.5. The molecule has 1 fully saturated rings. The first-order valence-corrected chi connectivity index (χ1v) is 5.23. The number of nitrogens with one attached hydrogen (secondary N) is 1. The lowest BCUT2D eigenvalue weighted by Crippen LogP contribution is -2.16. The molecule has 1 heterocycles. The Morgan fingerprint density at radius 1 is 1.20 bits per heavy atom. The third-order valence-electron chi connectivity index (χ3n) is 2.94. The first kappa shape index (κ1) is 10.5. The molecule has 0 aliphatic carbocycles. The number of rotatable bonds is 3. The van der Waals surface area contributed by atoms with E-state index >= 15 is 0 Å². The van der Waals surface area contributed by atoms with Crippen molar-refractivity contribution >= 4 is 0 Å². The van der Waals surface area contributed by atoms with Crippen molar-refractivity contribution in [3.63, 3.8) is 0 Å². The van der Waals surface area contributed by atoms with E-state index in [0.717, 1.165) is 18.7 Å². The molecular weight excluding hydrogens is 190 g/mol. The second-order valence-electron chi connectivity index (χ2n) is 3.83. The standard InChI is InChI=1S/C12H17NO2/c1-14-10-5-3-9(4-6-10)12-7-11(15-2)8-13-12/h3-6,11-13H,7-8H2,1-2H3. The maximum absolute atomic E-state index is 5.32. The molecule has 2 atom stereocenters. The van der Waals surface area contributed by atoms with Crippen molar-refractivity contribution in [1.29, 1.82) is 0 Å². The zero-order valence-electron chi connectivity index (χ0n) is 9.19. The highest BCUT2D eigenvalue weighted by Gasteiger charge is 2.24. The van der Waals surface area contributed by atoms with Crippen LogP contribution in [0.25, 0.3) is 0 Å². The van der Waals surface area contributed by atoms with Crippen LogP contribution in [0.2, 0.25) is 0 Å². The van der Waals surface area contributed by atoms with E-state index in [1.165, 1.54) is 5.56 Å². The second kappa shape index (κ2) is 4.64. The molecule has 82 valence electrons. The molecule has 1 aromatic rings. The zero-order chi connectivity index (χ0) is 10.7. The third-order valence-corrected chi connectivity index (χ3v) is 2.94. The number of benzene rings is 1. The Morgan fingerprint density at radius 2 is 1.93 bits per heavy atom. The molecule has 1 aliphatic rings. The van der Waals surface area contributed by atoms with Crippen molar-refractivity contribution in [3.8, 4) is 5.75 Å². The van der Waals surface area contributed by atoms with Crippen LogP contribution in [0.15, 0.2) is 24.3 Å². The van der Waals surface area contributed by atoms with Crippen molar-refractivity contribution in [1.82, 2.24) is 5.32 Å². The van der Waals surface area contributed by atoms with E-state index in [1.807, 2.05) is 12.1 Å². The molecule has 0 saturated carbocycles. The Bertz CT molecular complexity index is 310. The minimum atomic E-state index is 0.345. The van der Waals surface area contributed by atoms with Crippen molar-refractivity contribution < 1.29 is 9.47 Å². The lowest BCUT2D eigenvalue weighted by atomic mass is 10.0. The van der Waals surface area contributed by atoms with Crippen LogP contribution in [0, 0.1) is 0 Å². The summed E-state index contributed by atoms with van der Waals surface area (Å²) in [5.41, 5.74) is 1.30. The van der Waals surface area contributed by atoms with Crippen molar-refractivity contribution in [2.45, 2.75) is 18.6 Å². The van der Waals surface area contributed by atoms with Gasteiger partial charge in [0.2, 0.25) is 0 Å². The molecule has 3 heteroatoms. The summed E-state index contributed by atoms with van der Waals surface area (Å²) in [7, 11) is 3.45. The second-order valence-corrected chi connectivity index (χ2v) is 3.83. The molecule has 0 amide bonds. The third kappa shape index (κ3) is 2.30. The van der Waals surface area contributed by atoms with Crippen LogP contribution in [0.1, 0.15) is 18.0 Å². The van der Waals surface area contributed by atoms with Gasteiger partial charge in [-0.25, -0.2) is 0 Å². The van der Waals surface area contributed by atoms with Gasteiger partial charge in [0.05, 0.1) is 13.2 Å². The van der Waals surface area contributed by atoms with E-state index in [2.05, 4.69) is 17.4 Å². The van der Waals surface area contributed by atoms with Crippen LogP contribution in [-0.2, 0) is 4.74 Å². The van der Waals surface area contributed by atoms with E-state index in [1.54, 1.807) is 14.2 Å². The molecule has 2 unspecified atom stereocenters. The van der Waals surface area contributed by atoms with Crippen LogP contribution >= 0.6 is 0 Å². The summed E-state index contributed by atoms with van der Waals surface area (Å²) in [6.45, 7) is 0.938. The van der Waals surface area contributed by atoms with Gasteiger partial charge in [-0.05, 0) is 24.1 Å². The fourth-order valence-electron chi connectivity index (χ4n) is 1.97. The molecule has 0 radical (unpaired) electrons. The summed E-state index contributed by atoms with van der Waals surface area (Å²) in [5, 5.41) is 3.45. The van der Waals surface area contributed by atoms with Gasteiger partial charge in [-0.15, -0.1) is 0 Å². The van der Waals surface area contributed by atoms with Gasteiger partial charge in [0, 0.05) is 19.7 Å². The van der Waals surface area contributed by atoms with E-state index < -0.39 is 0 Å². The van der Waals surface area contributed by atoms with Gasteiger partial charge < -0.3 is 14.8 Å². The Morgan fingerprint density at radius 3 is 2.47 bits per heavy atom. The van der Waals surface area contributed by atoms with Crippen LogP contribution in [0.3, 0.4) is 0 Å². The molecule has 0 spiro atoms. The molecule has 2 rings (SSSR count). The monoisotopic (exact) mass is 207 g/mol. The van der Waals surface area contributed by atoms with Gasteiger partial charge in [0.25, 0.3) is 0 Å². The summed E-state index contributed by atoms with van der Waals surface area (Å²) >= 11 is 0. The number of hydrogen-bond donors (Lipinski definition) is 1. The smallest absolute Gasteiger partial charge is 0.118 e. The first-order chi connectivity index (χ1) is 7.33. The fraction of sp³-hybridized carbons (Fsp3) is 0.500. The van der Waals surface area contributed by atoms with Gasteiger partial charge in [-0.2, -0.15) is 0 Å². The van der Waals surface area contributed by atoms with Gasteiger partial charge in [0.1, 0.15) is 5.75 Å². The molecule has 1 saturated heterocycles. The molecule has 3 nitrogen and oxygen atoms in total. The summed E-state index contributed by atoms with van der Waals surface area (Å²) in [6, 6.07) is 8.62. The van der Waals surface area contributed by atoms with Gasteiger partial charge in [0.15, 0.2) is 0 Å². The van der Waals surface area contributed by atoms with Gasteiger partial charge >= 0.3 is 0 Å². The number of hydrogen-bond acceptors (Lipinski definition) is 3. The summed E-state index contributed by atoms with van der Waals surface area (Å²) in [4.78, 5) is 0. The lowest BCUT2D eigenvalue weighted by Gasteiger charge is -2.11. The van der Waals surface area contributed by atoms with E-state index in [0.29, 0.717) is 12.1 Å². The Balaban J connectivity index is 2.04. The zero-order valence-corrected chi connectivity index (χ0v) is 9.19. The Kier molecular flexibility index (Phi) is 3.23. The minimum Gasteiger partial charge on any atom is -0.497 e. The van der Waals surface area contributed by atoms with E-state index in [9.17, 15) is 0 Å². The van der Waals surface area contributed by atoms with E-state index in [4.69, 9.17) is 9.47 Å². The maximum Gasteiger partial charge on any atom is 0.118 e.